The highest BCUT2D eigenvalue weighted by molar-refractivity contribution is 5.71. The van der Waals surface area contributed by atoms with Gasteiger partial charge in [0, 0.05) is 25.2 Å². The van der Waals surface area contributed by atoms with Crippen LogP contribution in [0.15, 0.2) is 18.2 Å². The molecule has 0 bridgehead atoms. The van der Waals surface area contributed by atoms with Gasteiger partial charge in [0.25, 0.3) is 0 Å². The van der Waals surface area contributed by atoms with Gasteiger partial charge in [0.1, 0.15) is 11.6 Å². The Hall–Kier alpha value is -1.49. The monoisotopic (exact) mass is 255 g/mol. The minimum atomic E-state index is -0.829. The lowest BCUT2D eigenvalue weighted by atomic mass is 9.99. The molecule has 0 amide bonds. The van der Waals surface area contributed by atoms with Crippen LogP contribution in [0.2, 0.25) is 0 Å². The lowest BCUT2D eigenvalue weighted by Gasteiger charge is -2.15. The smallest absolute Gasteiger partial charge is 0.308 e. The van der Waals surface area contributed by atoms with E-state index >= 15 is 0 Å². The largest absolute Gasteiger partial charge is 0.481 e. The van der Waals surface area contributed by atoms with Crippen molar-refractivity contribution in [3.63, 3.8) is 0 Å². The third kappa shape index (κ3) is 2.67. The molecule has 1 N–H and O–H groups in total. The summed E-state index contributed by atoms with van der Waals surface area (Å²) in [6.07, 6.45) is 0. The van der Waals surface area contributed by atoms with Gasteiger partial charge in [0.05, 0.1) is 5.92 Å². The predicted molar refractivity (Wildman–Crippen MR) is 61.9 cm³/mol. The molecule has 1 aliphatic rings. The molecule has 0 aliphatic carbocycles. The van der Waals surface area contributed by atoms with Crippen molar-refractivity contribution in [2.24, 2.45) is 11.8 Å². The molecule has 0 aromatic heterocycles. The third-order valence-corrected chi connectivity index (χ3v) is 3.41. The van der Waals surface area contributed by atoms with Gasteiger partial charge >= 0.3 is 5.97 Å². The maximum atomic E-state index is 13.5. The molecule has 3 nitrogen and oxygen atoms in total. The average Bonchev–Trinajstić information content (AvgIpc) is 2.65. The summed E-state index contributed by atoms with van der Waals surface area (Å²) in [5.74, 6) is -2.17. The van der Waals surface area contributed by atoms with Crippen LogP contribution in [-0.4, -0.2) is 29.1 Å². The Bertz CT molecular complexity index is 464. The SMILES string of the molecule is C[C@@H]1CN(Cc2cc(F)ccc2F)C[C@H]1C(=O)O. The van der Waals surface area contributed by atoms with Crippen molar-refractivity contribution in [1.82, 2.24) is 4.90 Å². The summed E-state index contributed by atoms with van der Waals surface area (Å²) in [5, 5.41) is 9.01. The number of carbonyl (C=O) groups is 1. The summed E-state index contributed by atoms with van der Waals surface area (Å²) < 4.78 is 26.5. The number of benzene rings is 1. The van der Waals surface area contributed by atoms with E-state index in [1.807, 2.05) is 11.8 Å². The van der Waals surface area contributed by atoms with Crippen LogP contribution < -0.4 is 0 Å². The Balaban J connectivity index is 2.07. The first-order valence-electron chi connectivity index (χ1n) is 5.86. The van der Waals surface area contributed by atoms with Gasteiger partial charge in [-0.3, -0.25) is 9.69 Å². The van der Waals surface area contributed by atoms with Gasteiger partial charge in [-0.25, -0.2) is 8.78 Å². The van der Waals surface area contributed by atoms with Gasteiger partial charge in [-0.05, 0) is 24.1 Å². The van der Waals surface area contributed by atoms with Crippen LogP contribution in [0.5, 0.6) is 0 Å². The van der Waals surface area contributed by atoms with Crippen molar-refractivity contribution < 1.29 is 18.7 Å². The second kappa shape index (κ2) is 5.02. The van der Waals surface area contributed by atoms with Crippen LogP contribution in [0.4, 0.5) is 8.78 Å². The lowest BCUT2D eigenvalue weighted by Crippen LogP contribution is -2.23. The number of aliphatic carboxylic acids is 1. The Morgan fingerprint density at radius 3 is 2.78 bits per heavy atom. The number of rotatable bonds is 3. The first-order chi connectivity index (χ1) is 8.47. The summed E-state index contributed by atoms with van der Waals surface area (Å²) in [4.78, 5) is 12.8. The first-order valence-corrected chi connectivity index (χ1v) is 5.86. The number of likely N-dealkylation sites (tertiary alicyclic amines) is 1. The van der Waals surface area contributed by atoms with E-state index in [1.165, 1.54) is 0 Å². The second-order valence-electron chi connectivity index (χ2n) is 4.85. The highest BCUT2D eigenvalue weighted by Gasteiger charge is 2.34. The van der Waals surface area contributed by atoms with Crippen molar-refractivity contribution in [3.05, 3.63) is 35.4 Å². The number of hydrogen-bond acceptors (Lipinski definition) is 2. The van der Waals surface area contributed by atoms with Crippen LogP contribution in [0, 0.1) is 23.5 Å². The minimum absolute atomic E-state index is 0.0270. The van der Waals surface area contributed by atoms with Gasteiger partial charge in [0.15, 0.2) is 0 Å². The van der Waals surface area contributed by atoms with E-state index in [0.29, 0.717) is 13.1 Å². The summed E-state index contributed by atoms with van der Waals surface area (Å²) in [5.41, 5.74) is 0.272. The van der Waals surface area contributed by atoms with E-state index in [-0.39, 0.29) is 18.0 Å². The summed E-state index contributed by atoms with van der Waals surface area (Å²) in [7, 11) is 0. The Labute approximate surface area is 104 Å². The molecule has 1 aliphatic heterocycles. The standard InChI is InChI=1S/C13H15F2NO2/c1-8-5-16(7-11(8)13(17)18)6-9-4-10(14)2-3-12(9)15/h2-4,8,11H,5-7H2,1H3,(H,17,18)/t8-,11-/m1/s1. The zero-order valence-corrected chi connectivity index (χ0v) is 10.1. The zero-order chi connectivity index (χ0) is 13.3. The molecule has 0 radical (unpaired) electrons. The highest BCUT2D eigenvalue weighted by Crippen LogP contribution is 2.25. The predicted octanol–water partition coefficient (Wildman–Crippen LogP) is 2.12. The molecule has 0 spiro atoms. The number of halogens is 2. The summed E-state index contributed by atoms with van der Waals surface area (Å²) in [6.45, 7) is 3.08. The molecule has 0 saturated carbocycles. The Morgan fingerprint density at radius 2 is 2.17 bits per heavy atom. The van der Waals surface area contributed by atoms with Crippen LogP contribution in [0.25, 0.3) is 0 Å². The Morgan fingerprint density at radius 1 is 1.44 bits per heavy atom. The highest BCUT2D eigenvalue weighted by atomic mass is 19.1. The molecule has 1 fully saturated rings. The maximum Gasteiger partial charge on any atom is 0.308 e. The van der Waals surface area contributed by atoms with Crippen LogP contribution in [-0.2, 0) is 11.3 Å². The molecule has 5 heteroatoms. The second-order valence-corrected chi connectivity index (χ2v) is 4.85. The van der Waals surface area contributed by atoms with E-state index < -0.39 is 23.5 Å². The van der Waals surface area contributed by atoms with Crippen molar-refractivity contribution in [2.75, 3.05) is 13.1 Å². The van der Waals surface area contributed by atoms with Crippen LogP contribution >= 0.6 is 0 Å². The molecule has 2 rings (SSSR count). The van der Waals surface area contributed by atoms with E-state index in [0.717, 1.165) is 18.2 Å². The van der Waals surface area contributed by atoms with Crippen molar-refractivity contribution in [3.8, 4) is 0 Å². The fourth-order valence-corrected chi connectivity index (χ4v) is 2.42. The molecule has 1 heterocycles. The number of hydrogen-bond donors (Lipinski definition) is 1. The van der Waals surface area contributed by atoms with Gasteiger partial charge in [-0.1, -0.05) is 6.92 Å². The molecular formula is C13H15F2NO2. The lowest BCUT2D eigenvalue weighted by molar-refractivity contribution is -0.142. The molecule has 98 valence electrons. The molecule has 0 unspecified atom stereocenters. The normalized spacial score (nSPS) is 24.4. The summed E-state index contributed by atoms with van der Waals surface area (Å²) >= 11 is 0. The Kier molecular flexibility index (Phi) is 3.61. The quantitative estimate of drug-likeness (QED) is 0.899. The third-order valence-electron chi connectivity index (χ3n) is 3.41. The molecule has 1 aromatic carbocycles. The molecule has 1 aromatic rings. The number of carboxylic acid groups (broad SMARTS) is 1. The van der Waals surface area contributed by atoms with Crippen molar-refractivity contribution in [2.45, 2.75) is 13.5 Å². The molecular weight excluding hydrogens is 240 g/mol. The maximum absolute atomic E-state index is 13.5. The number of nitrogens with zero attached hydrogens (tertiary/aromatic N) is 1. The van der Waals surface area contributed by atoms with E-state index in [4.69, 9.17) is 5.11 Å². The minimum Gasteiger partial charge on any atom is -0.481 e. The fourth-order valence-electron chi connectivity index (χ4n) is 2.42. The van der Waals surface area contributed by atoms with Gasteiger partial charge in [-0.2, -0.15) is 0 Å². The van der Waals surface area contributed by atoms with Crippen molar-refractivity contribution >= 4 is 5.97 Å². The average molecular weight is 255 g/mol. The van der Waals surface area contributed by atoms with Crippen LogP contribution in [0.3, 0.4) is 0 Å². The molecule has 1 saturated heterocycles. The molecule has 2 atom stereocenters. The van der Waals surface area contributed by atoms with E-state index in [9.17, 15) is 13.6 Å². The molecule has 18 heavy (non-hydrogen) atoms. The fraction of sp³-hybridized carbons (Fsp3) is 0.462. The van der Waals surface area contributed by atoms with Gasteiger partial charge < -0.3 is 5.11 Å². The summed E-state index contributed by atoms with van der Waals surface area (Å²) in [6, 6.07) is 3.33. The van der Waals surface area contributed by atoms with E-state index in [2.05, 4.69) is 0 Å². The van der Waals surface area contributed by atoms with E-state index in [1.54, 1.807) is 0 Å². The van der Waals surface area contributed by atoms with Gasteiger partial charge in [0.2, 0.25) is 0 Å². The van der Waals surface area contributed by atoms with Gasteiger partial charge in [-0.15, -0.1) is 0 Å². The topological polar surface area (TPSA) is 40.5 Å². The first kappa shape index (κ1) is 13.0. The zero-order valence-electron chi connectivity index (χ0n) is 10.1. The van der Waals surface area contributed by atoms with Crippen LogP contribution in [0.1, 0.15) is 12.5 Å². The van der Waals surface area contributed by atoms with Crippen molar-refractivity contribution in [1.29, 1.82) is 0 Å². The number of carboxylic acids is 1.